The summed E-state index contributed by atoms with van der Waals surface area (Å²) in [6.07, 6.45) is -1.06. The van der Waals surface area contributed by atoms with Crippen molar-refractivity contribution in [1.29, 1.82) is 0 Å². The van der Waals surface area contributed by atoms with Crippen molar-refractivity contribution in [2.45, 2.75) is 0 Å². The van der Waals surface area contributed by atoms with Crippen molar-refractivity contribution in [3.8, 4) is 0 Å². The third-order valence-corrected chi connectivity index (χ3v) is 2.77. The Morgan fingerprint density at radius 1 is 1.57 bits per heavy atom. The van der Waals surface area contributed by atoms with Crippen molar-refractivity contribution < 1.29 is 9.90 Å². The minimum absolute atomic E-state index is 0.287. The van der Waals surface area contributed by atoms with Crippen molar-refractivity contribution in [1.82, 2.24) is 9.55 Å². The van der Waals surface area contributed by atoms with Crippen LogP contribution in [-0.4, -0.2) is 20.8 Å². The highest BCUT2D eigenvalue weighted by molar-refractivity contribution is 14.1. The normalized spacial score (nSPS) is 10.7. The lowest BCUT2D eigenvalue weighted by molar-refractivity contribution is 0.196. The van der Waals surface area contributed by atoms with Crippen LogP contribution in [0.3, 0.4) is 0 Å². The molecule has 0 amide bonds. The average Bonchev–Trinajstić information content (AvgIpc) is 2.40. The van der Waals surface area contributed by atoms with Gasteiger partial charge >= 0.3 is 6.09 Å². The summed E-state index contributed by atoms with van der Waals surface area (Å²) >= 11 is 7.62. The average molecular weight is 322 g/mol. The molecule has 2 heterocycles. The Balaban J connectivity index is 2.86. The molecule has 6 heteroatoms. The van der Waals surface area contributed by atoms with Crippen LogP contribution in [0.15, 0.2) is 18.2 Å². The molecule has 4 nitrogen and oxygen atoms in total. The van der Waals surface area contributed by atoms with E-state index in [0.717, 1.165) is 9.95 Å². The van der Waals surface area contributed by atoms with E-state index in [-0.39, 0.29) is 5.15 Å². The summed E-state index contributed by atoms with van der Waals surface area (Å²) < 4.78 is 1.70. The molecule has 0 saturated heterocycles. The molecule has 2 rings (SSSR count). The van der Waals surface area contributed by atoms with Crippen LogP contribution in [0, 0.1) is 3.70 Å². The maximum absolute atomic E-state index is 10.9. The van der Waals surface area contributed by atoms with Crippen molar-refractivity contribution in [3.63, 3.8) is 0 Å². The number of carbonyl (C=O) groups is 1. The highest BCUT2D eigenvalue weighted by atomic mass is 127. The Morgan fingerprint density at radius 3 is 2.93 bits per heavy atom. The molecule has 0 aliphatic heterocycles. The third kappa shape index (κ3) is 1.46. The summed E-state index contributed by atoms with van der Waals surface area (Å²) in [5.41, 5.74) is 0.370. The molecule has 0 fully saturated rings. The Hall–Kier alpha value is -0.820. The monoisotopic (exact) mass is 322 g/mol. The number of carboxylic acid groups (broad SMARTS) is 1. The number of hydrogen-bond acceptors (Lipinski definition) is 2. The second-order valence-electron chi connectivity index (χ2n) is 2.63. The van der Waals surface area contributed by atoms with Gasteiger partial charge in [0.25, 0.3) is 0 Å². The molecule has 0 bridgehead atoms. The second kappa shape index (κ2) is 3.39. The number of halogens is 2. The van der Waals surface area contributed by atoms with E-state index in [4.69, 9.17) is 16.7 Å². The second-order valence-corrected chi connectivity index (χ2v) is 4.12. The number of rotatable bonds is 0. The molecule has 2 aromatic rings. The zero-order valence-electron chi connectivity index (χ0n) is 6.74. The predicted octanol–water partition coefficient (Wildman–Crippen LogP) is 2.82. The van der Waals surface area contributed by atoms with Crippen molar-refractivity contribution in [2.75, 3.05) is 0 Å². The van der Waals surface area contributed by atoms with E-state index in [2.05, 4.69) is 4.98 Å². The van der Waals surface area contributed by atoms with Crippen molar-refractivity contribution in [2.24, 2.45) is 0 Å². The number of fused-ring (bicyclic) bond motifs is 1. The van der Waals surface area contributed by atoms with Gasteiger partial charge in [-0.15, -0.1) is 0 Å². The van der Waals surface area contributed by atoms with Crippen molar-refractivity contribution in [3.05, 3.63) is 27.1 Å². The minimum Gasteiger partial charge on any atom is -0.464 e. The topological polar surface area (TPSA) is 55.1 Å². The highest BCUT2D eigenvalue weighted by Gasteiger charge is 2.13. The predicted molar refractivity (Wildman–Crippen MR) is 60.9 cm³/mol. The van der Waals surface area contributed by atoms with E-state index in [0.29, 0.717) is 9.35 Å². The van der Waals surface area contributed by atoms with Crippen LogP contribution in [0.1, 0.15) is 0 Å². The molecule has 0 aromatic carbocycles. The summed E-state index contributed by atoms with van der Waals surface area (Å²) in [5, 5.41) is 9.97. The minimum atomic E-state index is -1.06. The first-order valence-electron chi connectivity index (χ1n) is 3.66. The number of hydrogen-bond donors (Lipinski definition) is 1. The first-order chi connectivity index (χ1) is 6.59. The molecule has 1 N–H and O–H groups in total. The Morgan fingerprint density at radius 2 is 2.29 bits per heavy atom. The summed E-state index contributed by atoms with van der Waals surface area (Å²) in [6, 6.07) is 5.12. The Labute approximate surface area is 97.6 Å². The molecule has 0 radical (unpaired) electrons. The van der Waals surface area contributed by atoms with Gasteiger partial charge in [0.2, 0.25) is 0 Å². The summed E-state index contributed by atoms with van der Waals surface area (Å²) in [4.78, 5) is 14.8. The first-order valence-corrected chi connectivity index (χ1v) is 5.12. The van der Waals surface area contributed by atoms with Crippen LogP contribution in [0.5, 0.6) is 0 Å². The molecule has 0 saturated carbocycles. The van der Waals surface area contributed by atoms with Crippen LogP contribution >= 0.6 is 34.2 Å². The Kier molecular flexibility index (Phi) is 2.36. The van der Waals surface area contributed by atoms with Crippen LogP contribution in [0.4, 0.5) is 4.79 Å². The van der Waals surface area contributed by atoms with Crippen LogP contribution in [0.25, 0.3) is 11.0 Å². The molecule has 0 spiro atoms. The van der Waals surface area contributed by atoms with Crippen LogP contribution in [0.2, 0.25) is 5.15 Å². The molecule has 0 atom stereocenters. The lowest BCUT2D eigenvalue weighted by Crippen LogP contribution is -2.09. The SMILES string of the molecule is O=C(O)n1c(I)cc2ccc(Cl)nc21. The standard InChI is InChI=1S/C8H4ClIN2O2/c9-5-2-1-4-3-6(10)12(8(13)14)7(4)11-5/h1-3H,(H,13,14). The van der Waals surface area contributed by atoms with E-state index in [1.807, 2.05) is 22.6 Å². The Bertz CT molecular complexity index is 523. The fourth-order valence-electron chi connectivity index (χ4n) is 1.20. The molecular weight excluding hydrogens is 318 g/mol. The van der Waals surface area contributed by atoms with Gasteiger partial charge in [0.1, 0.15) is 5.15 Å². The van der Waals surface area contributed by atoms with Gasteiger partial charge in [0.05, 0.1) is 3.70 Å². The molecule has 72 valence electrons. The molecule has 0 aliphatic carbocycles. The van der Waals surface area contributed by atoms with Gasteiger partial charge < -0.3 is 5.11 Å². The van der Waals surface area contributed by atoms with Gasteiger partial charge in [-0.05, 0) is 40.8 Å². The largest absolute Gasteiger partial charge is 0.464 e. The van der Waals surface area contributed by atoms with Gasteiger partial charge in [-0.1, -0.05) is 11.6 Å². The van der Waals surface area contributed by atoms with E-state index >= 15 is 0 Å². The number of aromatic nitrogens is 2. The zero-order chi connectivity index (χ0) is 10.3. The molecular formula is C8H4ClIN2O2. The fraction of sp³-hybridized carbons (Fsp3) is 0. The highest BCUT2D eigenvalue weighted by Crippen LogP contribution is 2.21. The number of nitrogens with zero attached hydrogens (tertiary/aromatic N) is 2. The molecule has 14 heavy (non-hydrogen) atoms. The molecule has 0 aliphatic rings. The first kappa shape index (κ1) is 9.72. The van der Waals surface area contributed by atoms with E-state index in [1.165, 1.54) is 0 Å². The summed E-state index contributed by atoms with van der Waals surface area (Å²) in [5.74, 6) is 0. The van der Waals surface area contributed by atoms with Gasteiger partial charge in [-0.25, -0.2) is 14.3 Å². The van der Waals surface area contributed by atoms with E-state index in [1.54, 1.807) is 18.2 Å². The van der Waals surface area contributed by atoms with Crippen LogP contribution in [-0.2, 0) is 0 Å². The summed E-state index contributed by atoms with van der Waals surface area (Å²) in [7, 11) is 0. The van der Waals surface area contributed by atoms with E-state index in [9.17, 15) is 4.79 Å². The maximum atomic E-state index is 10.9. The number of pyridine rings is 1. The van der Waals surface area contributed by atoms with E-state index < -0.39 is 6.09 Å². The fourth-order valence-corrected chi connectivity index (χ4v) is 2.12. The van der Waals surface area contributed by atoms with Gasteiger partial charge in [0.15, 0.2) is 5.65 Å². The van der Waals surface area contributed by atoms with Gasteiger partial charge in [-0.2, -0.15) is 0 Å². The van der Waals surface area contributed by atoms with Gasteiger partial charge in [0, 0.05) is 5.39 Å². The zero-order valence-corrected chi connectivity index (χ0v) is 9.65. The molecule has 0 unspecified atom stereocenters. The lowest BCUT2D eigenvalue weighted by Gasteiger charge is -1.98. The third-order valence-electron chi connectivity index (χ3n) is 1.76. The quantitative estimate of drug-likeness (QED) is 0.599. The molecule has 2 aromatic heterocycles. The van der Waals surface area contributed by atoms with Crippen molar-refractivity contribution >= 4 is 51.3 Å². The smallest absolute Gasteiger partial charge is 0.418 e. The maximum Gasteiger partial charge on any atom is 0.418 e. The lowest BCUT2D eigenvalue weighted by atomic mass is 10.3. The summed E-state index contributed by atoms with van der Waals surface area (Å²) in [6.45, 7) is 0. The van der Waals surface area contributed by atoms with Crippen LogP contribution < -0.4 is 0 Å². The van der Waals surface area contributed by atoms with Gasteiger partial charge in [-0.3, -0.25) is 0 Å².